The van der Waals surface area contributed by atoms with Gasteiger partial charge in [-0.05, 0) is 56.9 Å². The zero-order valence-corrected chi connectivity index (χ0v) is 14.1. The number of ether oxygens (including phenoxy) is 1. The second kappa shape index (κ2) is 5.87. The molecule has 0 spiro atoms. The number of carbonyl (C=O) groups is 2. The van der Waals surface area contributed by atoms with Crippen LogP contribution in [-0.4, -0.2) is 35.6 Å². The first-order chi connectivity index (χ1) is 10.8. The second-order valence-electron chi connectivity index (χ2n) is 7.25. The molecule has 5 heteroatoms. The van der Waals surface area contributed by atoms with E-state index in [4.69, 9.17) is 4.74 Å². The van der Waals surface area contributed by atoms with E-state index in [2.05, 4.69) is 12.1 Å². The van der Waals surface area contributed by atoms with E-state index in [9.17, 15) is 9.59 Å². The van der Waals surface area contributed by atoms with Gasteiger partial charge in [0.2, 0.25) is 5.91 Å². The maximum Gasteiger partial charge on any atom is 0.410 e. The summed E-state index contributed by atoms with van der Waals surface area (Å²) < 4.78 is 5.46. The van der Waals surface area contributed by atoms with Crippen molar-refractivity contribution >= 4 is 17.7 Å². The summed E-state index contributed by atoms with van der Waals surface area (Å²) in [5, 5.41) is 0. The van der Waals surface area contributed by atoms with Crippen LogP contribution in [-0.2, 0) is 22.5 Å². The Bertz CT molecular complexity index is 634. The number of carbonyl (C=O) groups excluding carboxylic acids is 2. The van der Waals surface area contributed by atoms with Crippen molar-refractivity contribution in [3.63, 3.8) is 0 Å². The lowest BCUT2D eigenvalue weighted by Crippen LogP contribution is -2.40. The van der Waals surface area contributed by atoms with Crippen LogP contribution in [0.2, 0.25) is 0 Å². The predicted octanol–water partition coefficient (Wildman–Crippen LogP) is 3.11. The topological polar surface area (TPSA) is 49.9 Å². The fourth-order valence-corrected chi connectivity index (χ4v) is 3.11. The van der Waals surface area contributed by atoms with Crippen molar-refractivity contribution in [2.24, 2.45) is 0 Å². The predicted molar refractivity (Wildman–Crippen MR) is 88.4 cm³/mol. The first-order valence-corrected chi connectivity index (χ1v) is 8.23. The summed E-state index contributed by atoms with van der Waals surface area (Å²) in [7, 11) is 0. The van der Waals surface area contributed by atoms with Gasteiger partial charge in [-0.15, -0.1) is 0 Å². The second-order valence-corrected chi connectivity index (χ2v) is 7.25. The van der Waals surface area contributed by atoms with E-state index >= 15 is 0 Å². The van der Waals surface area contributed by atoms with Crippen molar-refractivity contribution in [1.82, 2.24) is 4.90 Å². The number of amides is 2. The molecule has 2 heterocycles. The molecule has 0 aliphatic carbocycles. The summed E-state index contributed by atoms with van der Waals surface area (Å²) >= 11 is 0. The molecule has 0 aromatic heterocycles. The van der Waals surface area contributed by atoms with Crippen LogP contribution in [0.15, 0.2) is 18.2 Å². The Morgan fingerprint density at radius 2 is 1.91 bits per heavy atom. The van der Waals surface area contributed by atoms with Gasteiger partial charge in [-0.3, -0.25) is 4.79 Å². The normalized spacial score (nSPS) is 18.1. The zero-order valence-electron chi connectivity index (χ0n) is 14.1. The molecule has 0 atom stereocenters. The zero-order chi connectivity index (χ0) is 16.6. The molecule has 0 unspecified atom stereocenters. The SMILES string of the molecule is CC(C)(C)OC(=O)N1CCc2ccc(N3CCCC3=O)cc2C1. The van der Waals surface area contributed by atoms with E-state index in [0.717, 1.165) is 30.6 Å². The van der Waals surface area contributed by atoms with E-state index < -0.39 is 5.60 Å². The quantitative estimate of drug-likeness (QED) is 0.800. The van der Waals surface area contributed by atoms with Gasteiger partial charge in [0.25, 0.3) is 0 Å². The van der Waals surface area contributed by atoms with Crippen LogP contribution in [0.4, 0.5) is 10.5 Å². The standard InChI is InChI=1S/C18H24N2O3/c1-18(2,3)23-17(22)19-10-8-13-6-7-15(11-14(13)12-19)20-9-4-5-16(20)21/h6-7,11H,4-5,8-10,12H2,1-3H3. The van der Waals surface area contributed by atoms with Crippen molar-refractivity contribution in [2.75, 3.05) is 18.0 Å². The monoisotopic (exact) mass is 316 g/mol. The average molecular weight is 316 g/mol. The molecule has 0 radical (unpaired) electrons. The minimum atomic E-state index is -0.485. The highest BCUT2D eigenvalue weighted by Gasteiger charge is 2.27. The van der Waals surface area contributed by atoms with E-state index in [0.29, 0.717) is 19.5 Å². The Morgan fingerprint density at radius 1 is 1.13 bits per heavy atom. The Morgan fingerprint density at radius 3 is 2.57 bits per heavy atom. The third-order valence-electron chi connectivity index (χ3n) is 4.24. The smallest absolute Gasteiger partial charge is 0.410 e. The van der Waals surface area contributed by atoms with Crippen LogP contribution >= 0.6 is 0 Å². The number of hydrogen-bond donors (Lipinski definition) is 0. The minimum absolute atomic E-state index is 0.185. The number of anilines is 1. The van der Waals surface area contributed by atoms with Gasteiger partial charge in [0.15, 0.2) is 0 Å². The molecule has 1 aromatic carbocycles. The van der Waals surface area contributed by atoms with Crippen molar-refractivity contribution < 1.29 is 14.3 Å². The van der Waals surface area contributed by atoms with Crippen LogP contribution in [0.1, 0.15) is 44.7 Å². The summed E-state index contributed by atoms with van der Waals surface area (Å²) in [6, 6.07) is 6.16. The highest BCUT2D eigenvalue weighted by Crippen LogP contribution is 2.28. The maximum atomic E-state index is 12.3. The number of fused-ring (bicyclic) bond motifs is 1. The fraction of sp³-hybridized carbons (Fsp3) is 0.556. The Balaban J connectivity index is 1.76. The molecule has 1 saturated heterocycles. The van der Waals surface area contributed by atoms with Gasteiger partial charge >= 0.3 is 6.09 Å². The summed E-state index contributed by atoms with van der Waals surface area (Å²) in [4.78, 5) is 27.7. The molecule has 23 heavy (non-hydrogen) atoms. The Hall–Kier alpha value is -2.04. The van der Waals surface area contributed by atoms with Crippen molar-refractivity contribution in [2.45, 2.75) is 52.2 Å². The van der Waals surface area contributed by atoms with Gasteiger partial charge < -0.3 is 14.5 Å². The molecule has 2 aliphatic rings. The summed E-state index contributed by atoms with van der Waals surface area (Å²) in [5.41, 5.74) is 2.82. The molecular weight excluding hydrogens is 292 g/mol. The van der Waals surface area contributed by atoms with Gasteiger partial charge in [0.05, 0.1) is 0 Å². The van der Waals surface area contributed by atoms with Gasteiger partial charge in [0.1, 0.15) is 5.60 Å². The van der Waals surface area contributed by atoms with E-state index in [-0.39, 0.29) is 12.0 Å². The molecule has 1 fully saturated rings. The van der Waals surface area contributed by atoms with Gasteiger partial charge in [-0.1, -0.05) is 6.07 Å². The molecule has 0 N–H and O–H groups in total. The molecule has 1 aromatic rings. The fourth-order valence-electron chi connectivity index (χ4n) is 3.11. The van der Waals surface area contributed by atoms with Crippen LogP contribution in [0.25, 0.3) is 0 Å². The lowest BCUT2D eigenvalue weighted by molar-refractivity contribution is -0.117. The molecule has 2 aliphatic heterocycles. The lowest BCUT2D eigenvalue weighted by atomic mass is 9.99. The van der Waals surface area contributed by atoms with E-state index in [1.807, 2.05) is 31.7 Å². The summed E-state index contributed by atoms with van der Waals surface area (Å²) in [5.74, 6) is 0.185. The van der Waals surface area contributed by atoms with Crippen LogP contribution in [0.5, 0.6) is 0 Å². The lowest BCUT2D eigenvalue weighted by Gasteiger charge is -2.31. The number of hydrogen-bond acceptors (Lipinski definition) is 3. The first-order valence-electron chi connectivity index (χ1n) is 8.23. The van der Waals surface area contributed by atoms with Gasteiger partial charge in [0, 0.05) is 31.7 Å². The largest absolute Gasteiger partial charge is 0.444 e. The molecule has 0 saturated carbocycles. The number of rotatable bonds is 1. The van der Waals surface area contributed by atoms with Crippen molar-refractivity contribution in [3.8, 4) is 0 Å². The maximum absolute atomic E-state index is 12.3. The number of benzene rings is 1. The molecule has 5 nitrogen and oxygen atoms in total. The number of nitrogens with zero attached hydrogens (tertiary/aromatic N) is 2. The first kappa shape index (κ1) is 15.8. The van der Waals surface area contributed by atoms with E-state index in [1.54, 1.807) is 4.90 Å². The minimum Gasteiger partial charge on any atom is -0.444 e. The van der Waals surface area contributed by atoms with E-state index in [1.165, 1.54) is 5.56 Å². The molecule has 2 amide bonds. The van der Waals surface area contributed by atoms with Gasteiger partial charge in [-0.2, -0.15) is 0 Å². The third kappa shape index (κ3) is 3.49. The Kier molecular flexibility index (Phi) is 4.04. The molecule has 124 valence electrons. The van der Waals surface area contributed by atoms with Crippen LogP contribution in [0.3, 0.4) is 0 Å². The highest BCUT2D eigenvalue weighted by atomic mass is 16.6. The highest BCUT2D eigenvalue weighted by molar-refractivity contribution is 5.95. The van der Waals surface area contributed by atoms with Crippen molar-refractivity contribution in [3.05, 3.63) is 29.3 Å². The summed E-state index contributed by atoms with van der Waals surface area (Å²) in [6.07, 6.45) is 2.09. The Labute approximate surface area is 137 Å². The molecule has 0 bridgehead atoms. The average Bonchev–Trinajstić information content (AvgIpc) is 2.90. The van der Waals surface area contributed by atoms with Crippen LogP contribution in [0, 0.1) is 0 Å². The van der Waals surface area contributed by atoms with Crippen LogP contribution < -0.4 is 4.90 Å². The molecule has 3 rings (SSSR count). The third-order valence-corrected chi connectivity index (χ3v) is 4.24. The van der Waals surface area contributed by atoms with Gasteiger partial charge in [-0.25, -0.2) is 4.79 Å². The molecular formula is C18H24N2O3. The van der Waals surface area contributed by atoms with Crippen molar-refractivity contribution in [1.29, 1.82) is 0 Å². The summed E-state index contributed by atoms with van der Waals surface area (Å²) in [6.45, 7) is 7.62.